The molecule has 0 spiro atoms. The maximum atomic E-state index is 14.1. The Balaban J connectivity index is 0.00000169. The molecule has 1 amide bonds. The number of nitrogens with zero attached hydrogens (tertiary/aromatic N) is 2. The molecule has 24 heavy (non-hydrogen) atoms. The molecule has 0 bridgehead atoms. The lowest BCUT2D eigenvalue weighted by molar-refractivity contribution is 0.0933. The quantitative estimate of drug-likeness (QED) is 0.890. The number of nitrogens with one attached hydrogen (secondary N) is 2. The molecule has 2 heterocycles. The Hall–Kier alpha value is -1.92. The van der Waals surface area contributed by atoms with E-state index in [9.17, 15) is 9.18 Å². The number of amides is 1. The van der Waals surface area contributed by atoms with E-state index in [1.54, 1.807) is 22.9 Å². The average Bonchev–Trinajstić information content (AvgIpc) is 3.24. The van der Waals surface area contributed by atoms with E-state index in [1.807, 2.05) is 0 Å². The van der Waals surface area contributed by atoms with E-state index < -0.39 is 0 Å². The minimum atomic E-state index is -0.323. The SMILES string of the molecule is Cl.O=C(NC1CCNC1)c1nn(-c2ccccc2F)c2c1CCC2. The van der Waals surface area contributed by atoms with Gasteiger partial charge in [-0.3, -0.25) is 4.79 Å². The number of hydrogen-bond donors (Lipinski definition) is 2. The maximum Gasteiger partial charge on any atom is 0.272 e. The molecule has 0 saturated carbocycles. The van der Waals surface area contributed by atoms with Crippen LogP contribution in [-0.4, -0.2) is 34.8 Å². The van der Waals surface area contributed by atoms with Gasteiger partial charge in [0.15, 0.2) is 5.69 Å². The van der Waals surface area contributed by atoms with Crippen molar-refractivity contribution in [2.75, 3.05) is 13.1 Å². The van der Waals surface area contributed by atoms with Gasteiger partial charge in [-0.25, -0.2) is 9.07 Å². The van der Waals surface area contributed by atoms with Crippen molar-refractivity contribution >= 4 is 18.3 Å². The van der Waals surface area contributed by atoms with Crippen molar-refractivity contribution in [1.82, 2.24) is 20.4 Å². The van der Waals surface area contributed by atoms with Crippen molar-refractivity contribution in [2.24, 2.45) is 0 Å². The lowest BCUT2D eigenvalue weighted by Crippen LogP contribution is -2.36. The second-order valence-corrected chi connectivity index (χ2v) is 6.15. The van der Waals surface area contributed by atoms with Crippen LogP contribution in [0.4, 0.5) is 4.39 Å². The topological polar surface area (TPSA) is 59.0 Å². The fraction of sp³-hybridized carbons (Fsp3) is 0.412. The molecule has 1 aliphatic heterocycles. The van der Waals surface area contributed by atoms with Gasteiger partial charge in [0, 0.05) is 23.8 Å². The Kier molecular flexibility index (Phi) is 4.87. The van der Waals surface area contributed by atoms with Crippen molar-refractivity contribution in [3.63, 3.8) is 0 Å². The summed E-state index contributed by atoms with van der Waals surface area (Å²) in [5.41, 5.74) is 2.79. The number of benzene rings is 1. The molecule has 1 fully saturated rings. The van der Waals surface area contributed by atoms with E-state index >= 15 is 0 Å². The number of fused-ring (bicyclic) bond motifs is 1. The molecule has 2 aromatic rings. The molecule has 7 heteroatoms. The average molecular weight is 351 g/mol. The lowest BCUT2D eigenvalue weighted by atomic mass is 10.1. The van der Waals surface area contributed by atoms with Gasteiger partial charge in [0.1, 0.15) is 11.5 Å². The first-order valence-corrected chi connectivity index (χ1v) is 8.11. The molecular formula is C17H20ClFN4O. The molecule has 1 aromatic heterocycles. The van der Waals surface area contributed by atoms with Crippen LogP contribution >= 0.6 is 12.4 Å². The molecule has 1 aliphatic carbocycles. The first kappa shape index (κ1) is 16.9. The number of carbonyl (C=O) groups is 1. The number of hydrogen-bond acceptors (Lipinski definition) is 3. The number of aromatic nitrogens is 2. The zero-order valence-corrected chi connectivity index (χ0v) is 14.0. The standard InChI is InChI=1S/C17H19FN4O.ClH/c18-13-5-1-2-6-15(13)22-14-7-3-4-12(14)16(21-22)17(23)20-11-8-9-19-10-11;/h1-2,5-6,11,19H,3-4,7-10H2,(H,20,23);1H. The van der Waals surface area contributed by atoms with Gasteiger partial charge in [-0.05, 0) is 44.4 Å². The monoisotopic (exact) mass is 350 g/mol. The third-order valence-electron chi connectivity index (χ3n) is 4.62. The summed E-state index contributed by atoms with van der Waals surface area (Å²) in [5.74, 6) is -0.469. The summed E-state index contributed by atoms with van der Waals surface area (Å²) in [7, 11) is 0. The minimum Gasteiger partial charge on any atom is -0.347 e. The predicted molar refractivity (Wildman–Crippen MR) is 91.5 cm³/mol. The number of carbonyl (C=O) groups excluding carboxylic acids is 1. The van der Waals surface area contributed by atoms with Crippen molar-refractivity contribution in [3.05, 3.63) is 47.0 Å². The van der Waals surface area contributed by atoms with Crippen LogP contribution in [0.25, 0.3) is 5.69 Å². The summed E-state index contributed by atoms with van der Waals surface area (Å²) in [4.78, 5) is 12.6. The van der Waals surface area contributed by atoms with Crippen molar-refractivity contribution < 1.29 is 9.18 Å². The second kappa shape index (κ2) is 6.91. The molecule has 2 aliphatic rings. The normalized spacial score (nSPS) is 19.0. The molecule has 4 rings (SSSR count). The Bertz CT molecular complexity index is 755. The molecule has 0 radical (unpaired) electrons. The van der Waals surface area contributed by atoms with Gasteiger partial charge < -0.3 is 10.6 Å². The summed E-state index contributed by atoms with van der Waals surface area (Å²) in [6, 6.07) is 6.71. The van der Waals surface area contributed by atoms with Crippen molar-refractivity contribution in [1.29, 1.82) is 0 Å². The molecular weight excluding hydrogens is 331 g/mol. The fourth-order valence-corrected chi connectivity index (χ4v) is 3.47. The van der Waals surface area contributed by atoms with Gasteiger partial charge in [-0.15, -0.1) is 12.4 Å². The van der Waals surface area contributed by atoms with E-state index in [2.05, 4.69) is 15.7 Å². The molecule has 2 N–H and O–H groups in total. The number of para-hydroxylation sites is 1. The van der Waals surface area contributed by atoms with Crippen LogP contribution in [0.15, 0.2) is 24.3 Å². The molecule has 1 aromatic carbocycles. The van der Waals surface area contributed by atoms with Crippen molar-refractivity contribution in [3.8, 4) is 5.69 Å². The highest BCUT2D eigenvalue weighted by Gasteiger charge is 2.29. The third kappa shape index (κ3) is 2.91. The van der Waals surface area contributed by atoms with E-state index in [-0.39, 0.29) is 30.2 Å². The van der Waals surface area contributed by atoms with E-state index in [0.29, 0.717) is 11.4 Å². The Morgan fingerprint density at radius 3 is 2.92 bits per heavy atom. The number of rotatable bonds is 3. The van der Waals surface area contributed by atoms with Gasteiger partial charge in [-0.2, -0.15) is 5.10 Å². The zero-order chi connectivity index (χ0) is 15.8. The largest absolute Gasteiger partial charge is 0.347 e. The Labute approximate surface area is 146 Å². The van der Waals surface area contributed by atoms with Crippen molar-refractivity contribution in [2.45, 2.75) is 31.7 Å². The van der Waals surface area contributed by atoms with Crippen LogP contribution in [0.5, 0.6) is 0 Å². The zero-order valence-electron chi connectivity index (χ0n) is 13.2. The first-order valence-electron chi connectivity index (χ1n) is 8.11. The maximum absolute atomic E-state index is 14.1. The highest BCUT2D eigenvalue weighted by Crippen LogP contribution is 2.28. The Morgan fingerprint density at radius 2 is 2.17 bits per heavy atom. The van der Waals surface area contributed by atoms with Crippen LogP contribution in [0.3, 0.4) is 0 Å². The van der Waals surface area contributed by atoms with Crippen LogP contribution in [-0.2, 0) is 12.8 Å². The summed E-state index contributed by atoms with van der Waals surface area (Å²) in [6.07, 6.45) is 3.57. The number of halogens is 2. The third-order valence-corrected chi connectivity index (χ3v) is 4.62. The van der Waals surface area contributed by atoms with Crippen LogP contribution in [0.2, 0.25) is 0 Å². The van der Waals surface area contributed by atoms with E-state index in [1.165, 1.54) is 6.07 Å². The van der Waals surface area contributed by atoms with Crippen LogP contribution in [0, 0.1) is 5.82 Å². The fourth-order valence-electron chi connectivity index (χ4n) is 3.47. The van der Waals surface area contributed by atoms with Crippen LogP contribution in [0.1, 0.15) is 34.6 Å². The first-order chi connectivity index (χ1) is 11.2. The minimum absolute atomic E-state index is 0. The molecule has 1 unspecified atom stereocenters. The predicted octanol–water partition coefficient (Wildman–Crippen LogP) is 2.01. The van der Waals surface area contributed by atoms with Gasteiger partial charge in [0.05, 0.1) is 0 Å². The summed E-state index contributed by atoms with van der Waals surface area (Å²) >= 11 is 0. The molecule has 5 nitrogen and oxygen atoms in total. The van der Waals surface area contributed by atoms with Crippen LogP contribution < -0.4 is 10.6 Å². The van der Waals surface area contributed by atoms with Gasteiger partial charge in [0.2, 0.25) is 0 Å². The summed E-state index contributed by atoms with van der Waals surface area (Å²) in [5, 5.41) is 10.7. The smallest absolute Gasteiger partial charge is 0.272 e. The lowest BCUT2D eigenvalue weighted by Gasteiger charge is -2.10. The van der Waals surface area contributed by atoms with Gasteiger partial charge in [0.25, 0.3) is 5.91 Å². The van der Waals surface area contributed by atoms with Gasteiger partial charge >= 0.3 is 0 Å². The summed E-state index contributed by atoms with van der Waals surface area (Å²) in [6.45, 7) is 1.72. The summed E-state index contributed by atoms with van der Waals surface area (Å²) < 4.78 is 15.7. The highest BCUT2D eigenvalue weighted by atomic mass is 35.5. The van der Waals surface area contributed by atoms with E-state index in [4.69, 9.17) is 0 Å². The Morgan fingerprint density at radius 1 is 1.33 bits per heavy atom. The van der Waals surface area contributed by atoms with E-state index in [0.717, 1.165) is 50.0 Å². The molecule has 128 valence electrons. The molecule has 1 atom stereocenters. The highest BCUT2D eigenvalue weighted by molar-refractivity contribution is 5.94. The molecule has 1 saturated heterocycles. The second-order valence-electron chi connectivity index (χ2n) is 6.15. The van der Waals surface area contributed by atoms with Gasteiger partial charge in [-0.1, -0.05) is 12.1 Å².